The van der Waals surface area contributed by atoms with Crippen molar-refractivity contribution in [2.75, 3.05) is 18.5 Å². The van der Waals surface area contributed by atoms with E-state index in [0.29, 0.717) is 19.4 Å². The minimum atomic E-state index is -0.231. The molecule has 0 spiro atoms. The van der Waals surface area contributed by atoms with E-state index in [9.17, 15) is 9.59 Å². The van der Waals surface area contributed by atoms with Crippen LogP contribution in [0.15, 0.2) is 36.5 Å². The van der Waals surface area contributed by atoms with Gasteiger partial charge in [-0.15, -0.1) is 0 Å². The maximum Gasteiger partial charge on any atom is 0.232 e. The van der Waals surface area contributed by atoms with Gasteiger partial charge < -0.3 is 9.80 Å². The minimum Gasteiger partial charge on any atom is -0.338 e. The Hall–Kier alpha value is -2.63. The number of piperidine rings is 1. The van der Waals surface area contributed by atoms with E-state index < -0.39 is 0 Å². The number of amides is 2. The van der Waals surface area contributed by atoms with Crippen LogP contribution in [0.3, 0.4) is 0 Å². The fourth-order valence-electron chi connectivity index (χ4n) is 4.09. The molecule has 0 unspecified atom stereocenters. The third-order valence-corrected chi connectivity index (χ3v) is 5.38. The van der Waals surface area contributed by atoms with Gasteiger partial charge in [0.2, 0.25) is 11.8 Å². The molecule has 2 amide bonds. The summed E-state index contributed by atoms with van der Waals surface area (Å²) in [5.41, 5.74) is 2.93. The fraction of sp³-hybridized carbons (Fsp3) is 0.421. The average Bonchev–Trinajstić information content (AvgIpc) is 3.12. The number of carbonyl (C=O) groups excluding carboxylic acids is 2. The third-order valence-electron chi connectivity index (χ3n) is 5.38. The largest absolute Gasteiger partial charge is 0.338 e. The first-order valence-electron chi connectivity index (χ1n) is 8.81. The summed E-state index contributed by atoms with van der Waals surface area (Å²) >= 11 is 0. The van der Waals surface area contributed by atoms with Gasteiger partial charge in [-0.05, 0) is 24.8 Å². The number of rotatable bonds is 2. The molecule has 2 atom stereocenters. The third kappa shape index (κ3) is 2.71. The standard InChI is InChI=1S/C19H22N4O2/c1-22-17(24)10-9-14(18(22)13-6-3-2-4-7-13)19(25)23-11-5-8-15-16(23)12-20-21-15/h2-4,6-7,12,14,18H,5,8-11H2,1H3,(H,20,21)/t14-,18-/m0/s1. The summed E-state index contributed by atoms with van der Waals surface area (Å²) < 4.78 is 0. The van der Waals surface area contributed by atoms with Crippen LogP contribution >= 0.6 is 0 Å². The number of nitrogens with one attached hydrogen (secondary N) is 1. The molecule has 3 heterocycles. The van der Waals surface area contributed by atoms with Crippen molar-refractivity contribution in [3.63, 3.8) is 0 Å². The highest BCUT2D eigenvalue weighted by Crippen LogP contribution is 2.38. The van der Waals surface area contributed by atoms with Gasteiger partial charge in [-0.1, -0.05) is 30.3 Å². The number of nitrogens with zero attached hydrogens (tertiary/aromatic N) is 3. The Bertz CT molecular complexity index is 786. The predicted octanol–water partition coefficient (Wildman–Crippen LogP) is 2.30. The lowest BCUT2D eigenvalue weighted by molar-refractivity contribution is -0.140. The van der Waals surface area contributed by atoms with Crippen molar-refractivity contribution in [3.05, 3.63) is 47.8 Å². The molecule has 1 saturated heterocycles. The molecular formula is C19H22N4O2. The highest BCUT2D eigenvalue weighted by molar-refractivity contribution is 5.97. The van der Waals surface area contributed by atoms with E-state index >= 15 is 0 Å². The van der Waals surface area contributed by atoms with Crippen molar-refractivity contribution >= 4 is 17.5 Å². The number of benzene rings is 1. The summed E-state index contributed by atoms with van der Waals surface area (Å²) in [5, 5.41) is 7.10. The lowest BCUT2D eigenvalue weighted by Gasteiger charge is -2.41. The molecule has 2 aromatic rings. The highest BCUT2D eigenvalue weighted by Gasteiger charge is 2.41. The number of aromatic nitrogens is 2. The second kappa shape index (κ2) is 6.35. The number of anilines is 1. The Balaban J connectivity index is 1.68. The zero-order valence-corrected chi connectivity index (χ0v) is 14.3. The molecule has 2 aliphatic heterocycles. The Morgan fingerprint density at radius 2 is 2.04 bits per heavy atom. The quantitative estimate of drug-likeness (QED) is 0.913. The summed E-state index contributed by atoms with van der Waals surface area (Å²) in [7, 11) is 1.80. The molecule has 1 fully saturated rings. The van der Waals surface area contributed by atoms with Gasteiger partial charge in [0.05, 0.1) is 29.5 Å². The van der Waals surface area contributed by atoms with Gasteiger partial charge in [-0.2, -0.15) is 5.10 Å². The Morgan fingerprint density at radius 3 is 2.84 bits per heavy atom. The molecule has 0 bridgehead atoms. The van der Waals surface area contributed by atoms with E-state index in [-0.39, 0.29) is 23.8 Å². The maximum atomic E-state index is 13.4. The van der Waals surface area contributed by atoms with Gasteiger partial charge in [0.15, 0.2) is 0 Å². The molecule has 6 heteroatoms. The van der Waals surface area contributed by atoms with Gasteiger partial charge in [0.25, 0.3) is 0 Å². The Kier molecular flexibility index (Phi) is 4.03. The van der Waals surface area contributed by atoms with E-state index in [4.69, 9.17) is 0 Å². The van der Waals surface area contributed by atoms with Crippen molar-refractivity contribution in [2.45, 2.75) is 31.7 Å². The van der Waals surface area contributed by atoms with Gasteiger partial charge >= 0.3 is 0 Å². The normalized spacial score (nSPS) is 23.5. The van der Waals surface area contributed by atoms with Crippen molar-refractivity contribution in [1.82, 2.24) is 15.1 Å². The highest BCUT2D eigenvalue weighted by atomic mass is 16.2. The zero-order valence-electron chi connectivity index (χ0n) is 14.3. The number of aryl methyl sites for hydroxylation is 1. The van der Waals surface area contributed by atoms with E-state index in [0.717, 1.165) is 29.8 Å². The second-order valence-corrected chi connectivity index (χ2v) is 6.83. The van der Waals surface area contributed by atoms with Crippen LogP contribution < -0.4 is 4.90 Å². The monoisotopic (exact) mass is 338 g/mol. The number of fused-ring (bicyclic) bond motifs is 1. The van der Waals surface area contributed by atoms with Gasteiger partial charge in [0, 0.05) is 20.0 Å². The lowest BCUT2D eigenvalue weighted by atomic mass is 9.83. The molecule has 1 aromatic heterocycles. The number of H-pyrrole nitrogens is 1. The molecule has 1 N–H and O–H groups in total. The van der Waals surface area contributed by atoms with Crippen molar-refractivity contribution in [2.24, 2.45) is 5.92 Å². The number of hydrogen-bond acceptors (Lipinski definition) is 3. The summed E-state index contributed by atoms with van der Waals surface area (Å²) in [6.07, 6.45) is 4.60. The summed E-state index contributed by atoms with van der Waals surface area (Å²) in [6.45, 7) is 0.709. The number of aromatic amines is 1. The van der Waals surface area contributed by atoms with E-state index in [1.165, 1.54) is 0 Å². The first kappa shape index (κ1) is 15.9. The van der Waals surface area contributed by atoms with E-state index in [1.807, 2.05) is 35.2 Å². The van der Waals surface area contributed by atoms with Crippen LogP contribution in [0.1, 0.15) is 36.6 Å². The van der Waals surface area contributed by atoms with Crippen LogP contribution in [0.4, 0.5) is 5.69 Å². The van der Waals surface area contributed by atoms with E-state index in [2.05, 4.69) is 10.2 Å². The van der Waals surface area contributed by atoms with Crippen LogP contribution in [0, 0.1) is 5.92 Å². The predicted molar refractivity (Wildman–Crippen MR) is 93.9 cm³/mol. The van der Waals surface area contributed by atoms with Gasteiger partial charge in [-0.3, -0.25) is 14.7 Å². The maximum absolute atomic E-state index is 13.4. The fourth-order valence-corrected chi connectivity index (χ4v) is 4.09. The Morgan fingerprint density at radius 1 is 1.24 bits per heavy atom. The summed E-state index contributed by atoms with van der Waals surface area (Å²) in [4.78, 5) is 29.3. The molecule has 4 rings (SSSR count). The van der Waals surface area contributed by atoms with Crippen molar-refractivity contribution in [3.8, 4) is 0 Å². The molecule has 2 aliphatic rings. The van der Waals surface area contributed by atoms with Crippen molar-refractivity contribution < 1.29 is 9.59 Å². The summed E-state index contributed by atoms with van der Waals surface area (Å²) in [5.74, 6) is -0.0398. The number of likely N-dealkylation sites (tertiary alicyclic amines) is 1. The SMILES string of the molecule is CN1C(=O)CC[C@H](C(=O)N2CCCc3[nH]ncc32)[C@@H]1c1ccccc1. The number of carbonyl (C=O) groups is 2. The molecular weight excluding hydrogens is 316 g/mol. The van der Waals surface area contributed by atoms with Gasteiger partial charge in [-0.25, -0.2) is 0 Å². The lowest BCUT2D eigenvalue weighted by Crippen LogP contribution is -2.48. The minimum absolute atomic E-state index is 0.0931. The van der Waals surface area contributed by atoms with Crippen molar-refractivity contribution in [1.29, 1.82) is 0 Å². The first-order chi connectivity index (χ1) is 12.2. The van der Waals surface area contributed by atoms with Gasteiger partial charge in [0.1, 0.15) is 0 Å². The Labute approximate surface area is 146 Å². The molecule has 0 aliphatic carbocycles. The molecule has 6 nitrogen and oxygen atoms in total. The van der Waals surface area contributed by atoms with Crippen LogP contribution in [0.2, 0.25) is 0 Å². The van der Waals surface area contributed by atoms with E-state index in [1.54, 1.807) is 18.1 Å². The molecule has 130 valence electrons. The summed E-state index contributed by atoms with van der Waals surface area (Å²) in [6, 6.07) is 9.65. The topological polar surface area (TPSA) is 69.3 Å². The zero-order chi connectivity index (χ0) is 17.4. The first-order valence-corrected chi connectivity index (χ1v) is 8.81. The molecule has 0 saturated carbocycles. The van der Waals surface area contributed by atoms with Crippen LogP contribution in [0.25, 0.3) is 0 Å². The van der Waals surface area contributed by atoms with Crippen LogP contribution in [-0.2, 0) is 16.0 Å². The van der Waals surface area contributed by atoms with Crippen LogP contribution in [-0.4, -0.2) is 40.5 Å². The number of hydrogen-bond donors (Lipinski definition) is 1. The second-order valence-electron chi connectivity index (χ2n) is 6.83. The van der Waals surface area contributed by atoms with Crippen LogP contribution in [0.5, 0.6) is 0 Å². The molecule has 1 aromatic carbocycles. The average molecular weight is 338 g/mol. The molecule has 0 radical (unpaired) electrons. The smallest absolute Gasteiger partial charge is 0.232 e. The molecule has 25 heavy (non-hydrogen) atoms.